The molecule has 0 atom stereocenters. The summed E-state index contributed by atoms with van der Waals surface area (Å²) in [6.07, 6.45) is 0. The first-order valence-corrected chi connectivity index (χ1v) is 8.93. The van der Waals surface area contributed by atoms with Crippen molar-refractivity contribution in [3.63, 3.8) is 0 Å². The van der Waals surface area contributed by atoms with Crippen molar-refractivity contribution < 1.29 is 4.79 Å². The van der Waals surface area contributed by atoms with Crippen molar-refractivity contribution in [1.82, 2.24) is 10.2 Å². The average Bonchev–Trinajstić information content (AvgIpc) is 3.09. The summed E-state index contributed by atoms with van der Waals surface area (Å²) in [5.41, 5.74) is 2.61. The Balaban J connectivity index is 1.60. The highest BCUT2D eigenvalue weighted by Crippen LogP contribution is 2.22. The molecular formula is C18H23N3OS. The normalized spacial score (nSPS) is 15.0. The molecule has 1 fully saturated rings. The minimum atomic E-state index is 0.176. The molecule has 0 saturated carbocycles. The van der Waals surface area contributed by atoms with Crippen molar-refractivity contribution in [1.29, 1.82) is 0 Å². The Morgan fingerprint density at radius 3 is 2.57 bits per heavy atom. The van der Waals surface area contributed by atoms with Crippen LogP contribution in [0.25, 0.3) is 0 Å². The molecule has 0 aliphatic carbocycles. The molecule has 3 rings (SSSR count). The second-order valence-corrected chi connectivity index (χ2v) is 6.84. The summed E-state index contributed by atoms with van der Waals surface area (Å²) in [5.74, 6) is 0.176. The summed E-state index contributed by atoms with van der Waals surface area (Å²) < 4.78 is 0. The maximum atomic E-state index is 11.5. The van der Waals surface area contributed by atoms with Crippen LogP contribution < -0.4 is 10.2 Å². The topological polar surface area (TPSA) is 35.6 Å². The fourth-order valence-electron chi connectivity index (χ4n) is 2.96. The van der Waals surface area contributed by atoms with Crippen LogP contribution >= 0.6 is 11.3 Å². The Morgan fingerprint density at radius 2 is 1.87 bits per heavy atom. The van der Waals surface area contributed by atoms with E-state index in [1.807, 2.05) is 4.90 Å². The third-order valence-corrected chi connectivity index (χ3v) is 5.13. The molecule has 1 aromatic heterocycles. The molecule has 1 aliphatic rings. The van der Waals surface area contributed by atoms with E-state index in [1.54, 1.807) is 18.3 Å². The van der Waals surface area contributed by atoms with E-state index in [0.717, 1.165) is 39.3 Å². The molecule has 2 aromatic rings. The van der Waals surface area contributed by atoms with Crippen LogP contribution in [-0.2, 0) is 17.9 Å². The van der Waals surface area contributed by atoms with Gasteiger partial charge in [-0.15, -0.1) is 11.3 Å². The fraction of sp³-hybridized carbons (Fsp3) is 0.389. The van der Waals surface area contributed by atoms with E-state index in [1.165, 1.54) is 16.1 Å². The maximum Gasteiger partial charge on any atom is 0.219 e. The van der Waals surface area contributed by atoms with Gasteiger partial charge in [-0.2, -0.15) is 0 Å². The van der Waals surface area contributed by atoms with Gasteiger partial charge in [0.1, 0.15) is 0 Å². The Labute approximate surface area is 141 Å². The van der Waals surface area contributed by atoms with Crippen LogP contribution in [0.3, 0.4) is 0 Å². The number of thiophene rings is 1. The predicted octanol–water partition coefficient (Wildman–Crippen LogP) is 2.71. The molecule has 0 unspecified atom stereocenters. The quantitative estimate of drug-likeness (QED) is 0.916. The second-order valence-electron chi connectivity index (χ2n) is 5.80. The molecule has 2 heterocycles. The molecule has 1 amide bonds. The Hall–Kier alpha value is -1.85. The molecule has 1 N–H and O–H groups in total. The number of carbonyl (C=O) groups excluding carboxylic acids is 1. The van der Waals surface area contributed by atoms with Crippen LogP contribution in [0.4, 0.5) is 5.69 Å². The first-order valence-electron chi connectivity index (χ1n) is 8.05. The predicted molar refractivity (Wildman–Crippen MR) is 95.8 cm³/mol. The maximum absolute atomic E-state index is 11.5. The lowest BCUT2D eigenvalue weighted by molar-refractivity contribution is -0.129. The third kappa shape index (κ3) is 4.12. The number of carbonyl (C=O) groups is 1. The SMILES string of the molecule is CC(=O)N1CCN(c2ccccc2CNCc2cccs2)CC1. The Kier molecular flexibility index (Phi) is 5.31. The molecule has 1 aliphatic heterocycles. The molecule has 23 heavy (non-hydrogen) atoms. The number of anilines is 1. The van der Waals surface area contributed by atoms with E-state index in [4.69, 9.17) is 0 Å². The summed E-state index contributed by atoms with van der Waals surface area (Å²) in [6.45, 7) is 6.85. The van der Waals surface area contributed by atoms with Gasteiger partial charge in [-0.3, -0.25) is 4.79 Å². The largest absolute Gasteiger partial charge is 0.368 e. The monoisotopic (exact) mass is 329 g/mol. The third-order valence-electron chi connectivity index (χ3n) is 4.25. The lowest BCUT2D eigenvalue weighted by atomic mass is 10.1. The first kappa shape index (κ1) is 16.0. The number of amides is 1. The van der Waals surface area contributed by atoms with Crippen molar-refractivity contribution >= 4 is 22.9 Å². The van der Waals surface area contributed by atoms with Crippen LogP contribution in [0.15, 0.2) is 41.8 Å². The molecule has 122 valence electrons. The van der Waals surface area contributed by atoms with Crippen LogP contribution in [0.2, 0.25) is 0 Å². The number of hydrogen-bond donors (Lipinski definition) is 1. The molecule has 5 heteroatoms. The fourth-order valence-corrected chi connectivity index (χ4v) is 3.64. The van der Waals surface area contributed by atoms with Gasteiger partial charge in [-0.1, -0.05) is 24.3 Å². The van der Waals surface area contributed by atoms with Gasteiger partial charge in [0.2, 0.25) is 5.91 Å². The van der Waals surface area contributed by atoms with Gasteiger partial charge in [0.15, 0.2) is 0 Å². The van der Waals surface area contributed by atoms with E-state index in [0.29, 0.717) is 0 Å². The lowest BCUT2D eigenvalue weighted by Crippen LogP contribution is -2.48. The molecule has 0 radical (unpaired) electrons. The number of nitrogens with one attached hydrogen (secondary N) is 1. The van der Waals surface area contributed by atoms with Crippen LogP contribution in [-0.4, -0.2) is 37.0 Å². The Bertz CT molecular complexity index is 633. The minimum absolute atomic E-state index is 0.176. The van der Waals surface area contributed by atoms with Gasteiger partial charge in [-0.25, -0.2) is 0 Å². The summed E-state index contributed by atoms with van der Waals surface area (Å²) in [6, 6.07) is 12.8. The highest BCUT2D eigenvalue weighted by molar-refractivity contribution is 7.09. The zero-order valence-corrected chi connectivity index (χ0v) is 14.3. The second kappa shape index (κ2) is 7.62. The molecule has 1 saturated heterocycles. The summed E-state index contributed by atoms with van der Waals surface area (Å²) >= 11 is 1.78. The van der Waals surface area contributed by atoms with Gasteiger partial charge in [0.25, 0.3) is 0 Å². The number of nitrogens with zero attached hydrogens (tertiary/aromatic N) is 2. The van der Waals surface area contributed by atoms with Gasteiger partial charge in [0, 0.05) is 56.8 Å². The van der Waals surface area contributed by atoms with E-state index < -0.39 is 0 Å². The first-order chi connectivity index (χ1) is 11.2. The molecule has 4 nitrogen and oxygen atoms in total. The lowest BCUT2D eigenvalue weighted by Gasteiger charge is -2.36. The minimum Gasteiger partial charge on any atom is -0.368 e. The standard InChI is InChI=1S/C18H23N3OS/c1-15(22)20-8-10-21(11-9-20)18-7-3-2-5-16(18)13-19-14-17-6-4-12-23-17/h2-7,12,19H,8-11,13-14H2,1H3. The number of para-hydroxylation sites is 1. The average molecular weight is 329 g/mol. The van der Waals surface area contributed by atoms with Gasteiger partial charge in [-0.05, 0) is 23.1 Å². The molecular weight excluding hydrogens is 306 g/mol. The van der Waals surface area contributed by atoms with Crippen molar-refractivity contribution in [3.05, 3.63) is 52.2 Å². The summed E-state index contributed by atoms with van der Waals surface area (Å²) in [5, 5.41) is 5.64. The van der Waals surface area contributed by atoms with Crippen molar-refractivity contribution in [2.24, 2.45) is 0 Å². The smallest absolute Gasteiger partial charge is 0.219 e. The van der Waals surface area contributed by atoms with E-state index in [9.17, 15) is 4.79 Å². The highest BCUT2D eigenvalue weighted by Gasteiger charge is 2.20. The summed E-state index contributed by atoms with van der Waals surface area (Å²) in [7, 11) is 0. The van der Waals surface area contributed by atoms with Crippen molar-refractivity contribution in [3.8, 4) is 0 Å². The molecule has 1 aromatic carbocycles. The number of hydrogen-bond acceptors (Lipinski definition) is 4. The van der Waals surface area contributed by atoms with Gasteiger partial charge < -0.3 is 15.1 Å². The number of benzene rings is 1. The van der Waals surface area contributed by atoms with Crippen LogP contribution in [0.1, 0.15) is 17.4 Å². The van der Waals surface area contributed by atoms with E-state index in [-0.39, 0.29) is 5.91 Å². The number of rotatable bonds is 5. The zero-order chi connectivity index (χ0) is 16.1. The van der Waals surface area contributed by atoms with Crippen LogP contribution in [0, 0.1) is 0 Å². The van der Waals surface area contributed by atoms with Crippen molar-refractivity contribution in [2.75, 3.05) is 31.1 Å². The van der Waals surface area contributed by atoms with E-state index >= 15 is 0 Å². The van der Waals surface area contributed by atoms with Gasteiger partial charge >= 0.3 is 0 Å². The molecule has 0 bridgehead atoms. The van der Waals surface area contributed by atoms with Crippen molar-refractivity contribution in [2.45, 2.75) is 20.0 Å². The number of piperazine rings is 1. The molecule has 0 spiro atoms. The highest BCUT2D eigenvalue weighted by atomic mass is 32.1. The summed E-state index contributed by atoms with van der Waals surface area (Å²) in [4.78, 5) is 17.1. The van der Waals surface area contributed by atoms with Crippen LogP contribution in [0.5, 0.6) is 0 Å². The van der Waals surface area contributed by atoms with Gasteiger partial charge in [0.05, 0.1) is 0 Å². The Morgan fingerprint density at radius 1 is 1.09 bits per heavy atom. The van der Waals surface area contributed by atoms with E-state index in [2.05, 4.69) is 52.0 Å². The zero-order valence-electron chi connectivity index (χ0n) is 13.5.